The van der Waals surface area contributed by atoms with Crippen LogP contribution in [-0.2, 0) is 9.53 Å². The second-order valence-corrected chi connectivity index (χ2v) is 4.30. The van der Waals surface area contributed by atoms with Gasteiger partial charge in [0.15, 0.2) is 0 Å². The molecule has 1 aliphatic rings. The third-order valence-corrected chi connectivity index (χ3v) is 2.20. The van der Waals surface area contributed by atoms with Crippen LogP contribution in [0.2, 0.25) is 0 Å². The number of carbonyl (C=O) groups excluding carboxylic acids is 1. The summed E-state index contributed by atoms with van der Waals surface area (Å²) in [5.41, 5.74) is 5.53. The van der Waals surface area contributed by atoms with Crippen molar-refractivity contribution in [1.82, 2.24) is 5.32 Å². The van der Waals surface area contributed by atoms with Crippen LogP contribution in [-0.4, -0.2) is 36.5 Å². The molecule has 1 aliphatic heterocycles. The van der Waals surface area contributed by atoms with E-state index in [-0.39, 0.29) is 6.61 Å². The van der Waals surface area contributed by atoms with Crippen molar-refractivity contribution in [1.29, 1.82) is 0 Å². The molecule has 0 spiro atoms. The van der Waals surface area contributed by atoms with Crippen LogP contribution in [0.1, 0.15) is 0 Å². The highest BCUT2D eigenvalue weighted by atomic mass is 79.9. The van der Waals surface area contributed by atoms with E-state index < -0.39 is 29.2 Å². The SMILES string of the molecule is NC1COCC1C(=O)NCC(F)(F)Br. The molecule has 2 unspecified atom stereocenters. The van der Waals surface area contributed by atoms with Gasteiger partial charge in [0.25, 0.3) is 0 Å². The van der Waals surface area contributed by atoms with Gasteiger partial charge in [0.2, 0.25) is 5.91 Å². The summed E-state index contributed by atoms with van der Waals surface area (Å²) in [7, 11) is 0. The van der Waals surface area contributed by atoms with Crippen molar-refractivity contribution in [3.05, 3.63) is 0 Å². The van der Waals surface area contributed by atoms with Crippen LogP contribution in [0.15, 0.2) is 0 Å². The summed E-state index contributed by atoms with van der Waals surface area (Å²) in [6.45, 7) is -0.251. The number of hydrogen-bond acceptors (Lipinski definition) is 3. The maximum Gasteiger partial charge on any atom is 0.318 e. The average molecular weight is 273 g/mol. The lowest BCUT2D eigenvalue weighted by Crippen LogP contribution is -2.43. The third kappa shape index (κ3) is 3.47. The molecule has 14 heavy (non-hydrogen) atoms. The number of amides is 1. The van der Waals surface area contributed by atoms with Crippen molar-refractivity contribution in [2.45, 2.75) is 10.9 Å². The minimum Gasteiger partial charge on any atom is -0.379 e. The Labute approximate surface area is 88.3 Å². The fourth-order valence-electron chi connectivity index (χ4n) is 1.16. The topological polar surface area (TPSA) is 64.3 Å². The van der Waals surface area contributed by atoms with Gasteiger partial charge in [-0.15, -0.1) is 0 Å². The first-order chi connectivity index (χ1) is 6.40. The molecule has 0 radical (unpaired) electrons. The van der Waals surface area contributed by atoms with Crippen LogP contribution in [0.4, 0.5) is 8.78 Å². The summed E-state index contributed by atoms with van der Waals surface area (Å²) < 4.78 is 29.5. The zero-order chi connectivity index (χ0) is 10.8. The smallest absolute Gasteiger partial charge is 0.318 e. The van der Waals surface area contributed by atoms with E-state index in [1.807, 2.05) is 0 Å². The Kier molecular flexibility index (Phi) is 3.79. The summed E-state index contributed by atoms with van der Waals surface area (Å²) in [6, 6.07) is -0.404. The van der Waals surface area contributed by atoms with E-state index in [9.17, 15) is 13.6 Å². The van der Waals surface area contributed by atoms with E-state index in [1.165, 1.54) is 0 Å². The molecule has 0 aliphatic carbocycles. The Morgan fingerprint density at radius 2 is 2.29 bits per heavy atom. The molecule has 1 amide bonds. The van der Waals surface area contributed by atoms with Gasteiger partial charge in [0.05, 0.1) is 25.7 Å². The van der Waals surface area contributed by atoms with Crippen LogP contribution in [0, 0.1) is 5.92 Å². The van der Waals surface area contributed by atoms with Crippen molar-refractivity contribution < 1.29 is 18.3 Å². The Hall–Kier alpha value is -0.270. The average Bonchev–Trinajstić information content (AvgIpc) is 2.46. The molecule has 82 valence electrons. The zero-order valence-electron chi connectivity index (χ0n) is 7.30. The summed E-state index contributed by atoms with van der Waals surface area (Å²) in [5, 5.41) is 2.10. The van der Waals surface area contributed by atoms with Crippen LogP contribution in [0.3, 0.4) is 0 Å². The molecule has 0 aromatic rings. The van der Waals surface area contributed by atoms with Crippen molar-refractivity contribution >= 4 is 21.8 Å². The Morgan fingerprint density at radius 1 is 1.64 bits per heavy atom. The van der Waals surface area contributed by atoms with Crippen LogP contribution in [0.5, 0.6) is 0 Å². The van der Waals surface area contributed by atoms with Crippen LogP contribution >= 0.6 is 15.9 Å². The van der Waals surface area contributed by atoms with Crippen molar-refractivity contribution in [3.8, 4) is 0 Å². The monoisotopic (exact) mass is 272 g/mol. The number of alkyl halides is 3. The van der Waals surface area contributed by atoms with E-state index in [4.69, 9.17) is 10.5 Å². The molecular formula is C7H11BrF2N2O2. The molecule has 2 atom stereocenters. The Bertz CT molecular complexity index is 222. The molecule has 7 heteroatoms. The van der Waals surface area contributed by atoms with E-state index >= 15 is 0 Å². The van der Waals surface area contributed by atoms with Gasteiger partial charge >= 0.3 is 4.83 Å². The summed E-state index contributed by atoms with van der Waals surface area (Å²) >= 11 is 2.12. The third-order valence-electron chi connectivity index (χ3n) is 1.92. The van der Waals surface area contributed by atoms with Gasteiger partial charge in [-0.1, -0.05) is 0 Å². The highest BCUT2D eigenvalue weighted by molar-refractivity contribution is 9.10. The summed E-state index contributed by atoms with van der Waals surface area (Å²) in [5.74, 6) is -1.01. The minimum absolute atomic E-state index is 0.195. The molecule has 4 nitrogen and oxygen atoms in total. The molecule has 1 heterocycles. The first-order valence-corrected chi connectivity index (χ1v) is 4.87. The van der Waals surface area contributed by atoms with Gasteiger partial charge in [-0.05, 0) is 15.9 Å². The van der Waals surface area contributed by atoms with Gasteiger partial charge in [-0.25, -0.2) is 0 Å². The summed E-state index contributed by atoms with van der Waals surface area (Å²) in [6.07, 6.45) is 0. The number of halogens is 3. The van der Waals surface area contributed by atoms with Gasteiger partial charge in [0, 0.05) is 6.04 Å². The molecule has 0 saturated carbocycles. The van der Waals surface area contributed by atoms with E-state index in [2.05, 4.69) is 21.2 Å². The number of rotatable bonds is 3. The van der Waals surface area contributed by atoms with E-state index in [1.54, 1.807) is 0 Å². The molecule has 1 rings (SSSR count). The lowest BCUT2D eigenvalue weighted by molar-refractivity contribution is -0.126. The lowest BCUT2D eigenvalue weighted by atomic mass is 10.0. The fraction of sp³-hybridized carbons (Fsp3) is 0.857. The first kappa shape index (κ1) is 11.8. The van der Waals surface area contributed by atoms with Crippen LogP contribution in [0.25, 0.3) is 0 Å². The Balaban J connectivity index is 2.35. The predicted molar refractivity (Wildman–Crippen MR) is 49.2 cm³/mol. The van der Waals surface area contributed by atoms with Gasteiger partial charge in [0.1, 0.15) is 0 Å². The van der Waals surface area contributed by atoms with Gasteiger partial charge in [-0.3, -0.25) is 4.79 Å². The van der Waals surface area contributed by atoms with Gasteiger partial charge < -0.3 is 15.8 Å². The highest BCUT2D eigenvalue weighted by Crippen LogP contribution is 2.20. The number of hydrogen-bond donors (Lipinski definition) is 2. The first-order valence-electron chi connectivity index (χ1n) is 4.08. The molecule has 1 saturated heterocycles. The van der Waals surface area contributed by atoms with Crippen molar-refractivity contribution in [3.63, 3.8) is 0 Å². The minimum atomic E-state index is -3.08. The normalized spacial score (nSPS) is 27.7. The second kappa shape index (κ2) is 4.50. The molecule has 3 N–H and O–H groups in total. The molecule has 0 aromatic carbocycles. The zero-order valence-corrected chi connectivity index (χ0v) is 8.89. The predicted octanol–water partition coefficient (Wildman–Crippen LogP) is 0.0640. The number of nitrogens with two attached hydrogens (primary N) is 1. The number of nitrogens with one attached hydrogen (secondary N) is 1. The number of ether oxygens (including phenoxy) is 1. The molecule has 1 fully saturated rings. The molecular weight excluding hydrogens is 262 g/mol. The number of carbonyl (C=O) groups is 1. The standard InChI is InChI=1S/C7H11BrF2N2O2/c8-7(9,10)3-12-6(13)4-1-14-2-5(4)11/h4-5H,1-3,11H2,(H,12,13). The van der Waals surface area contributed by atoms with Crippen LogP contribution < -0.4 is 11.1 Å². The van der Waals surface area contributed by atoms with Gasteiger partial charge in [-0.2, -0.15) is 8.78 Å². The van der Waals surface area contributed by atoms with Crippen molar-refractivity contribution in [2.75, 3.05) is 19.8 Å². The van der Waals surface area contributed by atoms with E-state index in [0.717, 1.165) is 0 Å². The Morgan fingerprint density at radius 3 is 2.71 bits per heavy atom. The second-order valence-electron chi connectivity index (χ2n) is 3.14. The highest BCUT2D eigenvalue weighted by Gasteiger charge is 2.33. The fourth-order valence-corrected chi connectivity index (χ4v) is 1.30. The maximum atomic E-state index is 12.3. The maximum absolute atomic E-state index is 12.3. The van der Waals surface area contributed by atoms with E-state index in [0.29, 0.717) is 6.61 Å². The summed E-state index contributed by atoms with van der Waals surface area (Å²) in [4.78, 5) is 8.20. The largest absolute Gasteiger partial charge is 0.379 e. The molecule has 0 aromatic heterocycles. The lowest BCUT2D eigenvalue weighted by Gasteiger charge is -2.15. The quantitative estimate of drug-likeness (QED) is 0.715. The van der Waals surface area contributed by atoms with Crippen molar-refractivity contribution in [2.24, 2.45) is 11.7 Å². The molecule has 0 bridgehead atoms.